The van der Waals surface area contributed by atoms with Gasteiger partial charge in [0, 0.05) is 58.5 Å². The van der Waals surface area contributed by atoms with Gasteiger partial charge in [-0.3, -0.25) is 0 Å². The molecule has 4 aromatic heterocycles. The zero-order valence-corrected chi connectivity index (χ0v) is 35.7. The van der Waals surface area contributed by atoms with Crippen molar-refractivity contribution in [3.8, 4) is 33.9 Å². The Hall–Kier alpha value is -6.82. The molecule has 1 saturated heterocycles. The number of hydrogen-bond acceptors (Lipinski definition) is 10. The second-order valence-corrected chi connectivity index (χ2v) is 17.2. The fraction of sp³-hybridized carbons (Fsp3) is 0.286. The Balaban J connectivity index is 1.04. The molecule has 1 fully saturated rings. The van der Waals surface area contributed by atoms with E-state index in [0.29, 0.717) is 22.6 Å². The van der Waals surface area contributed by atoms with Crippen molar-refractivity contribution in [2.45, 2.75) is 79.1 Å². The summed E-state index contributed by atoms with van der Waals surface area (Å²) in [5, 5.41) is 19.9. The van der Waals surface area contributed by atoms with Gasteiger partial charge in [0.15, 0.2) is 0 Å². The smallest absolute Gasteiger partial charge is 0.336 e. The number of benzene rings is 4. The molecule has 0 spiro atoms. The van der Waals surface area contributed by atoms with Crippen molar-refractivity contribution in [1.29, 1.82) is 0 Å². The number of anilines is 2. The quantitative estimate of drug-likeness (QED) is 0.123. The van der Waals surface area contributed by atoms with Gasteiger partial charge in [-0.15, -0.1) is 10.2 Å². The Morgan fingerprint density at radius 3 is 1.21 bits per heavy atom. The lowest BCUT2D eigenvalue weighted by molar-refractivity contribution is 0.561. The molecule has 12 heteroatoms. The van der Waals surface area contributed by atoms with Crippen LogP contribution in [0.25, 0.3) is 55.8 Å². The minimum atomic E-state index is -0.385. The van der Waals surface area contributed by atoms with Gasteiger partial charge in [0.05, 0.1) is 23.8 Å². The van der Waals surface area contributed by atoms with Crippen LogP contribution in [0.1, 0.15) is 101 Å². The highest BCUT2D eigenvalue weighted by Crippen LogP contribution is 2.44. The molecule has 5 heterocycles. The maximum atomic E-state index is 11.9. The van der Waals surface area contributed by atoms with Crippen molar-refractivity contribution in [1.82, 2.24) is 30.0 Å². The molecule has 309 valence electrons. The van der Waals surface area contributed by atoms with Crippen LogP contribution in [0.3, 0.4) is 0 Å². The maximum Gasteiger partial charge on any atom is 0.336 e. The lowest BCUT2D eigenvalue weighted by Crippen LogP contribution is -2.24. The van der Waals surface area contributed by atoms with Crippen LogP contribution in [-0.4, -0.2) is 43.1 Å². The van der Waals surface area contributed by atoms with Gasteiger partial charge in [0.25, 0.3) is 0 Å². The van der Waals surface area contributed by atoms with E-state index >= 15 is 0 Å². The average molecular weight is 814 g/mol. The molecule has 9 rings (SSSR count). The highest BCUT2D eigenvalue weighted by Gasteiger charge is 2.31. The number of hydrogen-bond donors (Lipinski definition) is 0. The molecule has 1 aliphatic rings. The average Bonchev–Trinajstić information content (AvgIpc) is 4.04. The molecule has 0 amide bonds. The van der Waals surface area contributed by atoms with Crippen LogP contribution < -0.4 is 21.1 Å². The van der Waals surface area contributed by atoms with Gasteiger partial charge in [-0.1, -0.05) is 90.1 Å². The molecule has 1 aliphatic heterocycles. The maximum absolute atomic E-state index is 11.9. The SMILES string of the molecule is CC(C)c1cc(-n2cc(-c3ccc4ccc(=O)oc4c3)nn2)cc(C(C)C)c1N1[CH]N(c2c(C(C)C)cc(-n3cc(-c4ccc5ccc(=O)oc5c4)nn3)cc2C(C)C)CC1. The Morgan fingerprint density at radius 1 is 0.492 bits per heavy atom. The van der Waals surface area contributed by atoms with Crippen molar-refractivity contribution >= 4 is 33.3 Å². The molecule has 0 unspecified atom stereocenters. The first kappa shape index (κ1) is 39.6. The lowest BCUT2D eigenvalue weighted by atomic mass is 9.90. The first-order valence-corrected chi connectivity index (χ1v) is 21.0. The fourth-order valence-corrected chi connectivity index (χ4v) is 8.34. The molecule has 4 aromatic carbocycles. The van der Waals surface area contributed by atoms with Crippen LogP contribution in [0, 0.1) is 6.67 Å². The molecule has 12 nitrogen and oxygen atoms in total. The van der Waals surface area contributed by atoms with Crippen LogP contribution in [0.15, 0.2) is 116 Å². The highest BCUT2D eigenvalue weighted by molar-refractivity contribution is 5.83. The Kier molecular flexibility index (Phi) is 10.2. The highest BCUT2D eigenvalue weighted by atomic mass is 16.4. The molecule has 0 aliphatic carbocycles. The van der Waals surface area contributed by atoms with Crippen LogP contribution in [-0.2, 0) is 0 Å². The summed E-state index contributed by atoms with van der Waals surface area (Å²) in [5.74, 6) is 0.940. The summed E-state index contributed by atoms with van der Waals surface area (Å²) in [4.78, 5) is 28.7. The summed E-state index contributed by atoms with van der Waals surface area (Å²) in [7, 11) is 0. The molecule has 61 heavy (non-hydrogen) atoms. The van der Waals surface area contributed by atoms with Crippen molar-refractivity contribution in [2.75, 3.05) is 22.9 Å². The van der Waals surface area contributed by atoms with E-state index < -0.39 is 0 Å². The minimum Gasteiger partial charge on any atom is -0.423 e. The van der Waals surface area contributed by atoms with Crippen LogP contribution in [0.2, 0.25) is 0 Å². The number of aromatic nitrogens is 6. The van der Waals surface area contributed by atoms with E-state index in [-0.39, 0.29) is 34.9 Å². The lowest BCUT2D eigenvalue weighted by Gasteiger charge is -2.31. The molecule has 0 N–H and O–H groups in total. The van der Waals surface area contributed by atoms with E-state index in [1.165, 1.54) is 45.8 Å². The van der Waals surface area contributed by atoms with Crippen LogP contribution in [0.4, 0.5) is 11.4 Å². The van der Waals surface area contributed by atoms with E-state index in [1.807, 2.05) is 58.2 Å². The molecular formula is C49H49N8O4. The molecular weight excluding hydrogens is 765 g/mol. The Morgan fingerprint density at radius 2 is 0.852 bits per heavy atom. The van der Waals surface area contributed by atoms with E-state index in [1.54, 1.807) is 12.1 Å². The molecule has 1 radical (unpaired) electrons. The third-order valence-electron chi connectivity index (χ3n) is 11.6. The monoisotopic (exact) mass is 813 g/mol. The summed E-state index contributed by atoms with van der Waals surface area (Å²) in [6.07, 6.45) is 3.87. The summed E-state index contributed by atoms with van der Waals surface area (Å²) < 4.78 is 14.6. The summed E-state index contributed by atoms with van der Waals surface area (Å²) in [6.45, 7) is 21.9. The second kappa shape index (κ2) is 15.7. The van der Waals surface area contributed by atoms with Crippen molar-refractivity contribution < 1.29 is 8.83 Å². The zero-order chi connectivity index (χ0) is 42.7. The summed E-state index contributed by atoms with van der Waals surface area (Å²) in [5.41, 5.74) is 12.6. The van der Waals surface area contributed by atoms with Crippen molar-refractivity contribution in [3.05, 3.63) is 147 Å². The second-order valence-electron chi connectivity index (χ2n) is 17.2. The van der Waals surface area contributed by atoms with Gasteiger partial charge in [0.2, 0.25) is 0 Å². The van der Waals surface area contributed by atoms with Gasteiger partial charge in [-0.2, -0.15) is 0 Å². The van der Waals surface area contributed by atoms with Crippen molar-refractivity contribution in [3.63, 3.8) is 0 Å². The van der Waals surface area contributed by atoms with Gasteiger partial charge in [-0.05, 0) is 94.5 Å². The predicted molar refractivity (Wildman–Crippen MR) is 241 cm³/mol. The first-order valence-electron chi connectivity index (χ1n) is 21.0. The van der Waals surface area contributed by atoms with Gasteiger partial charge >= 0.3 is 11.3 Å². The summed E-state index contributed by atoms with van der Waals surface area (Å²) in [6, 6.07) is 26.8. The zero-order valence-electron chi connectivity index (χ0n) is 35.7. The minimum absolute atomic E-state index is 0.235. The number of nitrogens with zero attached hydrogens (tertiary/aromatic N) is 8. The fourth-order valence-electron chi connectivity index (χ4n) is 8.34. The van der Waals surface area contributed by atoms with Crippen molar-refractivity contribution in [2.24, 2.45) is 0 Å². The number of rotatable bonds is 10. The normalized spacial score (nSPS) is 13.4. The third kappa shape index (κ3) is 7.51. The van der Waals surface area contributed by atoms with Gasteiger partial charge in [-0.25, -0.2) is 19.0 Å². The van der Waals surface area contributed by atoms with Crippen LogP contribution >= 0.6 is 0 Å². The van der Waals surface area contributed by atoms with Gasteiger partial charge in [0.1, 0.15) is 29.2 Å². The van der Waals surface area contributed by atoms with Crippen LogP contribution in [0.5, 0.6) is 0 Å². The third-order valence-corrected chi connectivity index (χ3v) is 11.6. The molecule has 0 saturated carbocycles. The summed E-state index contributed by atoms with van der Waals surface area (Å²) >= 11 is 0. The molecule has 8 aromatic rings. The standard InChI is InChI=1S/C49H49N8O4/c1-28(2)38-21-36(56-25-42(50-52-56)34-11-9-32-13-15-46(58)60-44(32)19-34)22-39(29(3)4)48(38)54-17-18-55(27-54)49-40(30(5)6)23-37(24-41(49)31(7)8)57-26-43(51-53-57)35-12-10-33-14-16-47(59)61-45(33)20-35/h9-16,19-31H,17-18H2,1-8H3. The van der Waals surface area contributed by atoms with E-state index in [0.717, 1.165) is 46.4 Å². The topological polar surface area (TPSA) is 128 Å². The van der Waals surface area contributed by atoms with E-state index in [4.69, 9.17) is 8.83 Å². The van der Waals surface area contributed by atoms with Gasteiger partial charge < -0.3 is 18.6 Å². The Bertz CT molecular complexity index is 2800. The molecule has 0 atom stereocenters. The largest absolute Gasteiger partial charge is 0.423 e. The first-order chi connectivity index (χ1) is 29.3. The number of fused-ring (bicyclic) bond motifs is 2. The van der Waals surface area contributed by atoms with E-state index in [9.17, 15) is 9.59 Å². The predicted octanol–water partition coefficient (Wildman–Crippen LogP) is 10.3. The van der Waals surface area contributed by atoms with E-state index in [2.05, 4.69) is 117 Å². The Labute approximate surface area is 354 Å². The molecule has 0 bridgehead atoms.